The predicted octanol–water partition coefficient (Wildman–Crippen LogP) is 2.42. The van der Waals surface area contributed by atoms with Gasteiger partial charge in [-0.25, -0.2) is 4.68 Å². The van der Waals surface area contributed by atoms with E-state index >= 15 is 0 Å². The molecule has 2 aromatic rings. The van der Waals surface area contributed by atoms with Crippen molar-refractivity contribution in [2.24, 2.45) is 0 Å². The van der Waals surface area contributed by atoms with Gasteiger partial charge in [0.15, 0.2) is 5.82 Å². The molecule has 1 aliphatic heterocycles. The summed E-state index contributed by atoms with van der Waals surface area (Å²) in [5.41, 5.74) is 0.0106. The van der Waals surface area contributed by atoms with Crippen LogP contribution in [0.5, 0.6) is 0 Å². The third-order valence-corrected chi connectivity index (χ3v) is 4.32. The Morgan fingerprint density at radius 2 is 1.88 bits per heavy atom. The van der Waals surface area contributed by atoms with Gasteiger partial charge in [0, 0.05) is 38.4 Å². The molecule has 9 heteroatoms. The van der Waals surface area contributed by atoms with Crippen LogP contribution in [0.2, 0.25) is 0 Å². The molecule has 1 aromatic carbocycles. The molecule has 1 fully saturated rings. The van der Waals surface area contributed by atoms with Crippen LogP contribution in [0.1, 0.15) is 24.7 Å². The first kappa shape index (κ1) is 17.7. The topological polar surface area (TPSA) is 50.1 Å². The summed E-state index contributed by atoms with van der Waals surface area (Å²) < 4.78 is 40.4. The zero-order valence-corrected chi connectivity index (χ0v) is 14.1. The van der Waals surface area contributed by atoms with E-state index in [2.05, 4.69) is 27.3 Å². The predicted molar refractivity (Wildman–Crippen MR) is 87.0 cm³/mol. The van der Waals surface area contributed by atoms with Crippen molar-refractivity contribution in [1.29, 1.82) is 0 Å². The lowest BCUT2D eigenvalue weighted by Gasteiger charge is -2.36. The number of aromatic nitrogens is 4. The zero-order valence-electron chi connectivity index (χ0n) is 14.1. The van der Waals surface area contributed by atoms with E-state index in [1.807, 2.05) is 4.90 Å². The third kappa shape index (κ3) is 4.28. The zero-order chi connectivity index (χ0) is 17.9. The van der Waals surface area contributed by atoms with E-state index in [9.17, 15) is 13.2 Å². The van der Waals surface area contributed by atoms with Crippen LogP contribution in [-0.2, 0) is 19.3 Å². The summed E-state index contributed by atoms with van der Waals surface area (Å²) in [6.07, 6.45) is -3.35. The van der Waals surface area contributed by atoms with E-state index in [1.54, 1.807) is 10.7 Å². The first-order chi connectivity index (χ1) is 12.0. The summed E-state index contributed by atoms with van der Waals surface area (Å²) in [5.74, 6) is 0.828. The van der Waals surface area contributed by atoms with E-state index in [1.165, 1.54) is 12.1 Å². The molecule has 6 nitrogen and oxygen atoms in total. The minimum atomic E-state index is -4.31. The standard InChI is InChI=1S/C16H21F3N6/c1-2-6-25-15(20-21-22-25)12-23-7-9-24(10-8-23)14-5-3-4-13(11-14)16(17,18)19/h3-5,11H,2,6-10,12H2,1H3. The molecule has 0 amide bonds. The van der Waals surface area contributed by atoms with Crippen LogP contribution in [0.25, 0.3) is 0 Å². The molecule has 2 heterocycles. The fourth-order valence-electron chi connectivity index (χ4n) is 2.97. The van der Waals surface area contributed by atoms with Crippen molar-refractivity contribution in [3.63, 3.8) is 0 Å². The van der Waals surface area contributed by atoms with Gasteiger partial charge < -0.3 is 4.90 Å². The highest BCUT2D eigenvalue weighted by molar-refractivity contribution is 5.49. The largest absolute Gasteiger partial charge is 0.416 e. The lowest BCUT2D eigenvalue weighted by molar-refractivity contribution is -0.137. The first-order valence-electron chi connectivity index (χ1n) is 8.37. The van der Waals surface area contributed by atoms with Crippen molar-refractivity contribution in [2.45, 2.75) is 32.6 Å². The summed E-state index contributed by atoms with van der Waals surface area (Å²) in [6.45, 7) is 6.38. The van der Waals surface area contributed by atoms with Crippen LogP contribution in [0.3, 0.4) is 0 Å². The molecule has 0 bridgehead atoms. The van der Waals surface area contributed by atoms with Gasteiger partial charge in [-0.2, -0.15) is 13.2 Å². The SMILES string of the molecule is CCCn1nnnc1CN1CCN(c2cccc(C(F)(F)F)c2)CC1. The van der Waals surface area contributed by atoms with Gasteiger partial charge in [-0.15, -0.1) is 5.10 Å². The van der Waals surface area contributed by atoms with E-state index in [0.717, 1.165) is 37.9 Å². The maximum atomic E-state index is 12.9. The average Bonchev–Trinajstić information content (AvgIpc) is 3.02. The number of rotatable bonds is 5. The minimum Gasteiger partial charge on any atom is -0.369 e. The average molecular weight is 354 g/mol. The molecular formula is C16H21F3N6. The number of alkyl halides is 3. The van der Waals surface area contributed by atoms with Crippen molar-refractivity contribution in [2.75, 3.05) is 31.1 Å². The van der Waals surface area contributed by atoms with Crippen molar-refractivity contribution in [3.05, 3.63) is 35.7 Å². The second kappa shape index (κ2) is 7.38. The molecule has 0 saturated carbocycles. The van der Waals surface area contributed by atoms with Crippen molar-refractivity contribution < 1.29 is 13.2 Å². The smallest absolute Gasteiger partial charge is 0.369 e. The van der Waals surface area contributed by atoms with Crippen molar-refractivity contribution >= 4 is 5.69 Å². The third-order valence-electron chi connectivity index (χ3n) is 4.32. The number of benzene rings is 1. The lowest BCUT2D eigenvalue weighted by Crippen LogP contribution is -2.46. The van der Waals surface area contributed by atoms with Gasteiger partial charge in [0.1, 0.15) is 0 Å². The maximum Gasteiger partial charge on any atom is 0.416 e. The number of piperazine rings is 1. The molecule has 1 aromatic heterocycles. The number of hydrogen-bond acceptors (Lipinski definition) is 5. The molecule has 1 aliphatic rings. The van der Waals surface area contributed by atoms with Crippen LogP contribution in [-0.4, -0.2) is 51.3 Å². The summed E-state index contributed by atoms with van der Waals surface area (Å²) in [5, 5.41) is 11.8. The second-order valence-corrected chi connectivity index (χ2v) is 6.13. The van der Waals surface area contributed by atoms with Crippen LogP contribution in [0.4, 0.5) is 18.9 Å². The minimum absolute atomic E-state index is 0.605. The molecule has 1 saturated heterocycles. The quantitative estimate of drug-likeness (QED) is 0.825. The summed E-state index contributed by atoms with van der Waals surface area (Å²) in [6, 6.07) is 5.51. The fraction of sp³-hybridized carbons (Fsp3) is 0.562. The molecule has 0 N–H and O–H groups in total. The number of tetrazole rings is 1. The molecule has 3 rings (SSSR count). The van der Waals surface area contributed by atoms with E-state index in [-0.39, 0.29) is 0 Å². The van der Waals surface area contributed by atoms with Gasteiger partial charge in [-0.1, -0.05) is 13.0 Å². The van der Waals surface area contributed by atoms with Gasteiger partial charge in [-0.3, -0.25) is 4.90 Å². The molecule has 0 aliphatic carbocycles. The van der Waals surface area contributed by atoms with Gasteiger partial charge in [0.2, 0.25) is 0 Å². The Morgan fingerprint density at radius 3 is 2.56 bits per heavy atom. The molecule has 0 spiro atoms. The van der Waals surface area contributed by atoms with Crippen molar-refractivity contribution in [1.82, 2.24) is 25.1 Å². The first-order valence-corrected chi connectivity index (χ1v) is 8.37. The molecular weight excluding hydrogens is 333 g/mol. The van der Waals surface area contributed by atoms with E-state index in [4.69, 9.17) is 0 Å². The normalized spacial score (nSPS) is 16.4. The maximum absolute atomic E-state index is 12.9. The van der Waals surface area contributed by atoms with E-state index in [0.29, 0.717) is 25.3 Å². The Bertz CT molecular complexity index is 691. The van der Waals surface area contributed by atoms with Crippen LogP contribution >= 0.6 is 0 Å². The van der Waals surface area contributed by atoms with Crippen LogP contribution < -0.4 is 4.90 Å². The summed E-state index contributed by atoms with van der Waals surface area (Å²) in [4.78, 5) is 4.21. The Hall–Kier alpha value is -2.16. The second-order valence-electron chi connectivity index (χ2n) is 6.13. The summed E-state index contributed by atoms with van der Waals surface area (Å²) in [7, 11) is 0. The highest BCUT2D eigenvalue weighted by Gasteiger charge is 2.31. The van der Waals surface area contributed by atoms with Crippen LogP contribution in [0, 0.1) is 0 Å². The van der Waals surface area contributed by atoms with Gasteiger partial charge in [0.05, 0.1) is 12.1 Å². The van der Waals surface area contributed by atoms with Crippen molar-refractivity contribution in [3.8, 4) is 0 Å². The molecule has 136 valence electrons. The lowest BCUT2D eigenvalue weighted by atomic mass is 10.1. The number of halogens is 3. The Morgan fingerprint density at radius 1 is 1.12 bits per heavy atom. The number of aryl methyl sites for hydroxylation is 1. The summed E-state index contributed by atoms with van der Waals surface area (Å²) >= 11 is 0. The van der Waals surface area contributed by atoms with Crippen LogP contribution in [0.15, 0.2) is 24.3 Å². The fourth-order valence-corrected chi connectivity index (χ4v) is 2.97. The number of hydrogen-bond donors (Lipinski definition) is 0. The monoisotopic (exact) mass is 354 g/mol. The Labute approximate surface area is 144 Å². The number of anilines is 1. The molecule has 0 atom stereocenters. The van der Waals surface area contributed by atoms with Gasteiger partial charge in [-0.05, 0) is 35.0 Å². The molecule has 0 radical (unpaired) electrons. The van der Waals surface area contributed by atoms with Gasteiger partial charge in [0.25, 0.3) is 0 Å². The molecule has 25 heavy (non-hydrogen) atoms. The number of nitrogens with zero attached hydrogens (tertiary/aromatic N) is 6. The highest BCUT2D eigenvalue weighted by atomic mass is 19.4. The highest BCUT2D eigenvalue weighted by Crippen LogP contribution is 2.31. The van der Waals surface area contributed by atoms with Gasteiger partial charge >= 0.3 is 6.18 Å². The Balaban J connectivity index is 1.59. The Kier molecular flexibility index (Phi) is 5.22. The van der Waals surface area contributed by atoms with E-state index < -0.39 is 11.7 Å². The molecule has 0 unspecified atom stereocenters.